The van der Waals surface area contributed by atoms with Gasteiger partial charge in [-0.15, -0.1) is 0 Å². The van der Waals surface area contributed by atoms with Gasteiger partial charge in [-0.2, -0.15) is 5.10 Å². The van der Waals surface area contributed by atoms with Gasteiger partial charge in [0.2, 0.25) is 0 Å². The highest BCUT2D eigenvalue weighted by Crippen LogP contribution is 2.20. The minimum Gasteiger partial charge on any atom is -0.478 e. The van der Waals surface area contributed by atoms with Crippen molar-refractivity contribution in [3.63, 3.8) is 0 Å². The van der Waals surface area contributed by atoms with Gasteiger partial charge in [0.15, 0.2) is 0 Å². The van der Waals surface area contributed by atoms with Crippen LogP contribution in [0.5, 0.6) is 0 Å². The SMILES string of the molecule is CCc1nn(-c2cccc(F)c2)c(CC)c1C(=O)O. The lowest BCUT2D eigenvalue weighted by atomic mass is 10.1. The standard InChI is InChI=1S/C14H15FN2O2/c1-3-11-13(14(18)19)12(4-2)17(16-11)10-7-5-6-9(15)8-10/h5-8H,3-4H2,1-2H3,(H,18,19). The zero-order chi connectivity index (χ0) is 14.0. The minimum atomic E-state index is -0.989. The largest absolute Gasteiger partial charge is 0.478 e. The minimum absolute atomic E-state index is 0.231. The number of hydrogen-bond acceptors (Lipinski definition) is 2. The Balaban J connectivity index is 2.67. The van der Waals surface area contributed by atoms with Gasteiger partial charge in [-0.05, 0) is 31.0 Å². The van der Waals surface area contributed by atoms with E-state index in [-0.39, 0.29) is 11.4 Å². The van der Waals surface area contributed by atoms with E-state index >= 15 is 0 Å². The first-order valence-corrected chi connectivity index (χ1v) is 6.18. The van der Waals surface area contributed by atoms with Crippen LogP contribution in [-0.4, -0.2) is 20.9 Å². The second-order valence-corrected chi connectivity index (χ2v) is 4.17. The van der Waals surface area contributed by atoms with Crippen LogP contribution < -0.4 is 0 Å². The van der Waals surface area contributed by atoms with Crippen molar-refractivity contribution in [3.8, 4) is 5.69 Å². The Labute approximate surface area is 110 Å². The van der Waals surface area contributed by atoms with Crippen molar-refractivity contribution in [2.24, 2.45) is 0 Å². The molecule has 0 atom stereocenters. The van der Waals surface area contributed by atoms with E-state index in [2.05, 4.69) is 5.10 Å². The molecule has 0 amide bonds. The van der Waals surface area contributed by atoms with Gasteiger partial charge in [-0.25, -0.2) is 13.9 Å². The predicted octanol–water partition coefficient (Wildman–Crippen LogP) is 2.83. The van der Waals surface area contributed by atoms with Gasteiger partial charge in [0.25, 0.3) is 0 Å². The third-order valence-electron chi connectivity index (χ3n) is 2.99. The van der Waals surface area contributed by atoms with Crippen LogP contribution in [0.3, 0.4) is 0 Å². The molecule has 2 aromatic rings. The molecule has 1 aromatic heterocycles. The number of aromatic nitrogens is 2. The zero-order valence-corrected chi connectivity index (χ0v) is 10.9. The number of rotatable bonds is 4. The number of hydrogen-bond donors (Lipinski definition) is 1. The summed E-state index contributed by atoms with van der Waals surface area (Å²) < 4.78 is 14.8. The summed E-state index contributed by atoms with van der Waals surface area (Å²) in [6.45, 7) is 3.71. The average molecular weight is 262 g/mol. The molecule has 0 saturated heterocycles. The number of aryl methyl sites for hydroxylation is 1. The fraction of sp³-hybridized carbons (Fsp3) is 0.286. The number of carboxylic acids is 1. The van der Waals surface area contributed by atoms with Crippen molar-refractivity contribution in [1.29, 1.82) is 0 Å². The van der Waals surface area contributed by atoms with Gasteiger partial charge in [-0.3, -0.25) is 0 Å². The maximum Gasteiger partial charge on any atom is 0.339 e. The summed E-state index contributed by atoms with van der Waals surface area (Å²) in [5, 5.41) is 13.6. The topological polar surface area (TPSA) is 55.1 Å². The fourth-order valence-corrected chi connectivity index (χ4v) is 2.15. The molecular formula is C14H15FN2O2. The van der Waals surface area contributed by atoms with Crippen LogP contribution in [0, 0.1) is 5.82 Å². The lowest BCUT2D eigenvalue weighted by molar-refractivity contribution is 0.0694. The Hall–Kier alpha value is -2.17. The summed E-state index contributed by atoms with van der Waals surface area (Å²) in [4.78, 5) is 11.3. The van der Waals surface area contributed by atoms with E-state index in [1.807, 2.05) is 13.8 Å². The normalized spacial score (nSPS) is 10.7. The molecule has 100 valence electrons. The molecule has 0 aliphatic carbocycles. The molecule has 0 bridgehead atoms. The number of carbonyl (C=O) groups is 1. The van der Waals surface area contributed by atoms with E-state index in [9.17, 15) is 14.3 Å². The molecule has 0 spiro atoms. The molecule has 19 heavy (non-hydrogen) atoms. The molecule has 1 aromatic carbocycles. The van der Waals surface area contributed by atoms with Crippen molar-refractivity contribution in [1.82, 2.24) is 9.78 Å². The van der Waals surface area contributed by atoms with E-state index in [4.69, 9.17) is 0 Å². The van der Waals surface area contributed by atoms with Crippen molar-refractivity contribution in [3.05, 3.63) is 47.0 Å². The molecular weight excluding hydrogens is 247 g/mol. The summed E-state index contributed by atoms with van der Waals surface area (Å²) in [6.07, 6.45) is 1.04. The quantitative estimate of drug-likeness (QED) is 0.921. The van der Waals surface area contributed by atoms with Gasteiger partial charge >= 0.3 is 5.97 Å². The lowest BCUT2D eigenvalue weighted by Gasteiger charge is -2.06. The van der Waals surface area contributed by atoms with Gasteiger partial charge in [-0.1, -0.05) is 19.9 Å². The molecule has 2 rings (SSSR count). The summed E-state index contributed by atoms with van der Waals surface area (Å²) in [5.41, 5.74) is 1.89. The second-order valence-electron chi connectivity index (χ2n) is 4.17. The van der Waals surface area contributed by atoms with Gasteiger partial charge < -0.3 is 5.11 Å². The highest BCUT2D eigenvalue weighted by molar-refractivity contribution is 5.90. The van der Waals surface area contributed by atoms with E-state index in [1.165, 1.54) is 16.8 Å². The van der Waals surface area contributed by atoms with Crippen LogP contribution in [0.4, 0.5) is 4.39 Å². The molecule has 0 aliphatic heterocycles. The van der Waals surface area contributed by atoms with Gasteiger partial charge in [0, 0.05) is 0 Å². The molecule has 1 heterocycles. The van der Waals surface area contributed by atoms with E-state index < -0.39 is 5.97 Å². The van der Waals surface area contributed by atoms with Crippen molar-refractivity contribution < 1.29 is 14.3 Å². The summed E-state index contributed by atoms with van der Waals surface area (Å²) in [7, 11) is 0. The fourth-order valence-electron chi connectivity index (χ4n) is 2.15. The molecule has 0 aliphatic rings. The number of carboxylic acid groups (broad SMARTS) is 1. The van der Waals surface area contributed by atoms with Crippen molar-refractivity contribution in [2.45, 2.75) is 26.7 Å². The summed E-state index contributed by atoms with van der Waals surface area (Å²) >= 11 is 0. The number of aromatic carboxylic acids is 1. The number of halogens is 1. The Morgan fingerprint density at radius 2 is 2.11 bits per heavy atom. The Bertz CT molecular complexity index is 620. The van der Waals surface area contributed by atoms with Crippen LogP contribution in [0.2, 0.25) is 0 Å². The average Bonchev–Trinajstić information content (AvgIpc) is 2.77. The molecule has 0 saturated carbocycles. The molecule has 1 N–H and O–H groups in total. The van der Waals surface area contributed by atoms with E-state index in [0.29, 0.717) is 29.9 Å². The van der Waals surface area contributed by atoms with E-state index in [0.717, 1.165) is 0 Å². The molecule has 4 nitrogen and oxygen atoms in total. The van der Waals surface area contributed by atoms with Gasteiger partial charge in [0.1, 0.15) is 11.4 Å². The molecule has 0 radical (unpaired) electrons. The predicted molar refractivity (Wildman–Crippen MR) is 69.2 cm³/mol. The molecule has 5 heteroatoms. The summed E-state index contributed by atoms with van der Waals surface area (Å²) in [6, 6.07) is 5.98. The monoisotopic (exact) mass is 262 g/mol. The third-order valence-corrected chi connectivity index (χ3v) is 2.99. The first kappa shape index (κ1) is 13.3. The smallest absolute Gasteiger partial charge is 0.339 e. The summed E-state index contributed by atoms with van der Waals surface area (Å²) in [5.74, 6) is -1.36. The zero-order valence-electron chi connectivity index (χ0n) is 10.9. The molecule has 0 fully saturated rings. The van der Waals surface area contributed by atoms with Crippen LogP contribution in [-0.2, 0) is 12.8 Å². The first-order chi connectivity index (χ1) is 9.08. The van der Waals surface area contributed by atoms with Crippen LogP contribution in [0.25, 0.3) is 5.69 Å². The highest BCUT2D eigenvalue weighted by atomic mass is 19.1. The third kappa shape index (κ3) is 2.36. The van der Waals surface area contributed by atoms with Crippen molar-refractivity contribution >= 4 is 5.97 Å². The van der Waals surface area contributed by atoms with Crippen LogP contribution in [0.15, 0.2) is 24.3 Å². The maximum absolute atomic E-state index is 13.3. The highest BCUT2D eigenvalue weighted by Gasteiger charge is 2.21. The van der Waals surface area contributed by atoms with E-state index in [1.54, 1.807) is 12.1 Å². The lowest BCUT2D eigenvalue weighted by Crippen LogP contribution is -2.06. The Kier molecular flexibility index (Phi) is 3.64. The van der Waals surface area contributed by atoms with Gasteiger partial charge in [0.05, 0.1) is 17.1 Å². The van der Waals surface area contributed by atoms with Crippen LogP contribution >= 0.6 is 0 Å². The first-order valence-electron chi connectivity index (χ1n) is 6.18. The maximum atomic E-state index is 13.3. The van der Waals surface area contributed by atoms with Crippen molar-refractivity contribution in [2.75, 3.05) is 0 Å². The second kappa shape index (κ2) is 5.22. The number of nitrogens with zero attached hydrogens (tertiary/aromatic N) is 2. The molecule has 0 unspecified atom stereocenters. The number of benzene rings is 1. The Morgan fingerprint density at radius 1 is 1.37 bits per heavy atom. The van der Waals surface area contributed by atoms with Crippen LogP contribution in [0.1, 0.15) is 35.6 Å². The Morgan fingerprint density at radius 3 is 2.63 bits per heavy atom.